The maximum Gasteiger partial charge on any atom is 0.251 e. The minimum absolute atomic E-state index is 0.0293. The van der Waals surface area contributed by atoms with Crippen LogP contribution < -0.4 is 5.32 Å². The molecular weight excluding hydrogens is 347 g/mol. The third-order valence-corrected chi connectivity index (χ3v) is 5.43. The van der Waals surface area contributed by atoms with E-state index in [0.717, 1.165) is 49.4 Å². The predicted molar refractivity (Wildman–Crippen MR) is 107 cm³/mol. The first-order valence-electron chi connectivity index (χ1n) is 9.04. The molecule has 1 fully saturated rings. The van der Waals surface area contributed by atoms with E-state index in [1.165, 1.54) is 12.1 Å². The summed E-state index contributed by atoms with van der Waals surface area (Å²) in [5.74, 6) is 0.876. The van der Waals surface area contributed by atoms with Crippen molar-refractivity contribution in [3.8, 4) is 11.1 Å². The van der Waals surface area contributed by atoms with Crippen molar-refractivity contribution in [3.63, 3.8) is 0 Å². The van der Waals surface area contributed by atoms with E-state index >= 15 is 0 Å². The molecule has 2 aromatic rings. The largest absolute Gasteiger partial charge is 0.349 e. The van der Waals surface area contributed by atoms with Gasteiger partial charge in [0.25, 0.3) is 5.91 Å². The number of benzene rings is 2. The highest BCUT2D eigenvalue weighted by atomic mass is 32.2. The van der Waals surface area contributed by atoms with Gasteiger partial charge in [0.1, 0.15) is 5.82 Å². The van der Waals surface area contributed by atoms with Crippen LogP contribution in [0.25, 0.3) is 11.1 Å². The number of hydrogen-bond donors (Lipinski definition) is 1. The SMILES string of the molecule is CSCCN1CCC(NC(=O)c2ccc(-c3cccc(F)c3)cc2)CC1. The molecule has 1 heterocycles. The zero-order chi connectivity index (χ0) is 18.4. The van der Waals surface area contributed by atoms with Gasteiger partial charge in [-0.2, -0.15) is 11.8 Å². The molecule has 0 bridgehead atoms. The van der Waals surface area contributed by atoms with Crippen LogP contribution in [0.3, 0.4) is 0 Å². The highest BCUT2D eigenvalue weighted by Crippen LogP contribution is 2.21. The number of likely N-dealkylation sites (tertiary alicyclic amines) is 1. The number of nitrogens with one attached hydrogen (secondary N) is 1. The number of carbonyl (C=O) groups is 1. The van der Waals surface area contributed by atoms with E-state index in [1.54, 1.807) is 6.07 Å². The number of rotatable bonds is 6. The fraction of sp³-hybridized carbons (Fsp3) is 0.381. The summed E-state index contributed by atoms with van der Waals surface area (Å²) in [6, 6.07) is 14.1. The summed E-state index contributed by atoms with van der Waals surface area (Å²) in [5.41, 5.74) is 2.37. The minimum atomic E-state index is -0.256. The fourth-order valence-electron chi connectivity index (χ4n) is 3.27. The molecule has 0 aliphatic carbocycles. The molecule has 0 aromatic heterocycles. The second-order valence-electron chi connectivity index (χ2n) is 6.67. The molecule has 3 nitrogen and oxygen atoms in total. The summed E-state index contributed by atoms with van der Waals surface area (Å²) in [5, 5.41) is 3.15. The lowest BCUT2D eigenvalue weighted by Crippen LogP contribution is -2.45. The molecule has 5 heteroatoms. The van der Waals surface area contributed by atoms with E-state index in [0.29, 0.717) is 5.56 Å². The van der Waals surface area contributed by atoms with Gasteiger partial charge in [-0.3, -0.25) is 4.79 Å². The lowest BCUT2D eigenvalue weighted by Gasteiger charge is -2.32. The monoisotopic (exact) mass is 372 g/mol. The molecule has 0 unspecified atom stereocenters. The average Bonchev–Trinajstić information content (AvgIpc) is 2.67. The third kappa shape index (κ3) is 5.08. The molecule has 1 saturated heterocycles. The molecule has 0 saturated carbocycles. The first-order chi connectivity index (χ1) is 12.7. The lowest BCUT2D eigenvalue weighted by molar-refractivity contribution is 0.0913. The van der Waals surface area contributed by atoms with Crippen LogP contribution in [0, 0.1) is 5.82 Å². The molecule has 138 valence electrons. The van der Waals surface area contributed by atoms with Gasteiger partial charge in [-0.1, -0.05) is 24.3 Å². The molecule has 1 aliphatic heterocycles. The summed E-state index contributed by atoms with van der Waals surface area (Å²) in [4.78, 5) is 14.9. The Kier molecular flexibility index (Phi) is 6.69. The second-order valence-corrected chi connectivity index (χ2v) is 7.66. The first-order valence-corrected chi connectivity index (χ1v) is 10.4. The molecular formula is C21H25FN2OS. The van der Waals surface area contributed by atoms with Crippen LogP contribution in [0.2, 0.25) is 0 Å². The van der Waals surface area contributed by atoms with Gasteiger partial charge < -0.3 is 10.2 Å². The van der Waals surface area contributed by atoms with E-state index in [2.05, 4.69) is 16.5 Å². The third-order valence-electron chi connectivity index (χ3n) is 4.84. The molecule has 0 atom stereocenters. The Balaban J connectivity index is 1.54. The molecule has 1 N–H and O–H groups in total. The molecule has 2 aromatic carbocycles. The summed E-state index contributed by atoms with van der Waals surface area (Å²) in [6.07, 6.45) is 4.13. The van der Waals surface area contributed by atoms with Gasteiger partial charge in [-0.25, -0.2) is 4.39 Å². The Labute approximate surface area is 159 Å². The summed E-state index contributed by atoms with van der Waals surface area (Å²) in [6.45, 7) is 3.22. The topological polar surface area (TPSA) is 32.3 Å². The molecule has 0 radical (unpaired) electrons. The van der Waals surface area contributed by atoms with E-state index in [-0.39, 0.29) is 17.8 Å². The number of thioether (sulfide) groups is 1. The Morgan fingerprint density at radius 3 is 2.54 bits per heavy atom. The molecule has 1 aliphatic rings. The van der Waals surface area contributed by atoms with Gasteiger partial charge in [-0.05, 0) is 54.5 Å². The van der Waals surface area contributed by atoms with Gasteiger partial charge >= 0.3 is 0 Å². The highest BCUT2D eigenvalue weighted by Gasteiger charge is 2.20. The molecule has 26 heavy (non-hydrogen) atoms. The Morgan fingerprint density at radius 2 is 1.88 bits per heavy atom. The van der Waals surface area contributed by atoms with E-state index in [1.807, 2.05) is 42.1 Å². The number of nitrogens with zero attached hydrogens (tertiary/aromatic N) is 1. The van der Waals surface area contributed by atoms with E-state index < -0.39 is 0 Å². The van der Waals surface area contributed by atoms with Crippen LogP contribution in [0.1, 0.15) is 23.2 Å². The molecule has 3 rings (SSSR count). The fourth-order valence-corrected chi connectivity index (χ4v) is 3.71. The number of carbonyl (C=O) groups excluding carboxylic acids is 1. The zero-order valence-corrected chi connectivity index (χ0v) is 15.9. The van der Waals surface area contributed by atoms with Crippen LogP contribution in [0.4, 0.5) is 4.39 Å². The summed E-state index contributed by atoms with van der Waals surface area (Å²) in [7, 11) is 0. The van der Waals surface area contributed by atoms with Crippen molar-refractivity contribution in [1.82, 2.24) is 10.2 Å². The Morgan fingerprint density at radius 1 is 1.15 bits per heavy atom. The lowest BCUT2D eigenvalue weighted by atomic mass is 10.0. The van der Waals surface area contributed by atoms with Crippen LogP contribution in [-0.4, -0.2) is 48.5 Å². The normalized spacial score (nSPS) is 15.8. The van der Waals surface area contributed by atoms with Crippen LogP contribution >= 0.6 is 11.8 Å². The van der Waals surface area contributed by atoms with Crippen molar-refractivity contribution in [2.45, 2.75) is 18.9 Å². The smallest absolute Gasteiger partial charge is 0.251 e. The van der Waals surface area contributed by atoms with E-state index in [9.17, 15) is 9.18 Å². The van der Waals surface area contributed by atoms with Gasteiger partial charge in [0, 0.05) is 37.0 Å². The van der Waals surface area contributed by atoms with E-state index in [4.69, 9.17) is 0 Å². The van der Waals surface area contributed by atoms with Gasteiger partial charge in [-0.15, -0.1) is 0 Å². The molecule has 0 spiro atoms. The molecule has 1 amide bonds. The summed E-state index contributed by atoms with van der Waals surface area (Å²) < 4.78 is 13.3. The van der Waals surface area contributed by atoms with Crippen LogP contribution in [0.5, 0.6) is 0 Å². The van der Waals surface area contributed by atoms with Crippen molar-refractivity contribution < 1.29 is 9.18 Å². The number of amides is 1. The average molecular weight is 373 g/mol. The van der Waals surface area contributed by atoms with Gasteiger partial charge in [0.05, 0.1) is 0 Å². The van der Waals surface area contributed by atoms with Crippen molar-refractivity contribution >= 4 is 17.7 Å². The predicted octanol–water partition coefficient (Wildman–Crippen LogP) is 4.05. The maximum absolute atomic E-state index is 13.3. The first kappa shape index (κ1) is 18.9. The standard InChI is InChI=1S/C21H25FN2OS/c1-26-14-13-24-11-9-20(10-12-24)23-21(25)17-7-5-16(6-8-17)18-3-2-4-19(22)15-18/h2-8,15,20H,9-14H2,1H3,(H,23,25). The Bertz CT molecular complexity index is 727. The zero-order valence-electron chi connectivity index (χ0n) is 15.1. The van der Waals surface area contributed by atoms with Crippen LogP contribution in [0.15, 0.2) is 48.5 Å². The quantitative estimate of drug-likeness (QED) is 0.830. The van der Waals surface area contributed by atoms with Crippen LogP contribution in [-0.2, 0) is 0 Å². The van der Waals surface area contributed by atoms with Crippen molar-refractivity contribution in [3.05, 3.63) is 59.9 Å². The number of halogens is 1. The van der Waals surface area contributed by atoms with Gasteiger partial charge in [0.2, 0.25) is 0 Å². The number of piperidine rings is 1. The second kappa shape index (κ2) is 9.19. The van der Waals surface area contributed by atoms with Gasteiger partial charge in [0.15, 0.2) is 0 Å². The highest BCUT2D eigenvalue weighted by molar-refractivity contribution is 7.98. The number of hydrogen-bond acceptors (Lipinski definition) is 3. The van der Waals surface area contributed by atoms with Crippen molar-refractivity contribution in [2.75, 3.05) is 31.6 Å². The summed E-state index contributed by atoms with van der Waals surface area (Å²) >= 11 is 1.87. The minimum Gasteiger partial charge on any atom is -0.349 e. The maximum atomic E-state index is 13.3. The Hall–Kier alpha value is -1.85. The van der Waals surface area contributed by atoms with Crippen molar-refractivity contribution in [2.24, 2.45) is 0 Å². The van der Waals surface area contributed by atoms with Crippen molar-refractivity contribution in [1.29, 1.82) is 0 Å².